The molecule has 0 N–H and O–H groups in total. The molecular weight excluding hydrogens is 261 g/mol. The topological polar surface area (TPSA) is 47.9 Å². The minimum atomic E-state index is 0.0623. The van der Waals surface area contributed by atoms with E-state index in [-0.39, 0.29) is 16.5 Å². The molecule has 1 aliphatic carbocycles. The molecule has 1 heterocycles. The summed E-state index contributed by atoms with van der Waals surface area (Å²) in [6, 6.07) is 0. The molecule has 1 saturated carbocycles. The Labute approximate surface area is 111 Å². The second-order valence-electron chi connectivity index (χ2n) is 4.36. The number of nitrogens with zero attached hydrogens (tertiary/aromatic N) is 3. The van der Waals surface area contributed by atoms with Crippen LogP contribution in [0, 0.1) is 5.92 Å². The Morgan fingerprint density at radius 2 is 2.12 bits per heavy atom. The van der Waals surface area contributed by atoms with Crippen LogP contribution in [0.4, 0.5) is 0 Å². The Bertz CT molecular complexity index is 389. The molecule has 2 atom stereocenters. The number of hydrogen-bond donors (Lipinski definition) is 0. The van der Waals surface area contributed by atoms with Gasteiger partial charge in [-0.2, -0.15) is 4.98 Å². The third-order valence-corrected chi connectivity index (χ3v) is 3.58. The van der Waals surface area contributed by atoms with E-state index in [0.29, 0.717) is 5.88 Å². The first kappa shape index (κ1) is 12.8. The van der Waals surface area contributed by atoms with Crippen LogP contribution in [0.15, 0.2) is 0 Å². The fourth-order valence-electron chi connectivity index (χ4n) is 2.23. The maximum absolute atomic E-state index is 5.87. The number of rotatable bonds is 3. The van der Waals surface area contributed by atoms with Crippen molar-refractivity contribution < 1.29 is 4.74 Å². The molecule has 0 aliphatic heterocycles. The quantitative estimate of drug-likeness (QED) is 0.847. The van der Waals surface area contributed by atoms with Gasteiger partial charge in [0.15, 0.2) is 0 Å². The lowest BCUT2D eigenvalue weighted by Crippen LogP contribution is -2.25. The minimum Gasteiger partial charge on any atom is -0.472 e. The number of ether oxygens (including phenoxy) is 1. The van der Waals surface area contributed by atoms with Gasteiger partial charge in [0.05, 0.1) is 0 Å². The van der Waals surface area contributed by atoms with E-state index in [2.05, 4.69) is 22.1 Å². The van der Waals surface area contributed by atoms with Crippen LogP contribution in [0.5, 0.6) is 5.88 Å². The summed E-state index contributed by atoms with van der Waals surface area (Å²) in [6.07, 6.45) is 5.91. The van der Waals surface area contributed by atoms with Crippen LogP contribution < -0.4 is 4.74 Å². The molecule has 0 bridgehead atoms. The summed E-state index contributed by atoms with van der Waals surface area (Å²) < 4.78 is 5.77. The average Bonchev–Trinajstić information content (AvgIpc) is 2.34. The second kappa shape index (κ2) is 5.83. The lowest BCUT2D eigenvalue weighted by atomic mass is 9.85. The van der Waals surface area contributed by atoms with Gasteiger partial charge in [-0.1, -0.05) is 31.4 Å². The monoisotopic (exact) mass is 275 g/mol. The summed E-state index contributed by atoms with van der Waals surface area (Å²) in [6.45, 7) is 2.21. The standard InChI is InChI=1S/C11H15Cl2N3O/c1-2-7-4-3-5-8(6-7)17-10-9(12)15-16-11(13)14-10/h7-8H,2-6H2,1H3. The highest BCUT2D eigenvalue weighted by molar-refractivity contribution is 6.31. The van der Waals surface area contributed by atoms with Crippen LogP contribution in [-0.4, -0.2) is 21.3 Å². The van der Waals surface area contributed by atoms with Gasteiger partial charge in [0.25, 0.3) is 5.88 Å². The van der Waals surface area contributed by atoms with E-state index in [1.54, 1.807) is 0 Å². The van der Waals surface area contributed by atoms with Gasteiger partial charge in [-0.3, -0.25) is 0 Å². The van der Waals surface area contributed by atoms with Crippen LogP contribution in [0.25, 0.3) is 0 Å². The van der Waals surface area contributed by atoms with Gasteiger partial charge in [0, 0.05) is 0 Å². The van der Waals surface area contributed by atoms with Crippen molar-refractivity contribution in [2.24, 2.45) is 5.92 Å². The predicted molar refractivity (Wildman–Crippen MR) is 66.5 cm³/mol. The SMILES string of the molecule is CCC1CCCC(Oc2nc(Cl)nnc2Cl)C1. The third-order valence-electron chi connectivity index (χ3n) is 3.18. The van der Waals surface area contributed by atoms with Crippen LogP contribution in [-0.2, 0) is 0 Å². The molecule has 1 aromatic heterocycles. The number of hydrogen-bond acceptors (Lipinski definition) is 4. The molecule has 0 aromatic carbocycles. The van der Waals surface area contributed by atoms with Crippen molar-refractivity contribution in [1.29, 1.82) is 0 Å². The van der Waals surface area contributed by atoms with Crippen molar-refractivity contribution in [2.75, 3.05) is 0 Å². The van der Waals surface area contributed by atoms with E-state index in [0.717, 1.165) is 18.8 Å². The van der Waals surface area contributed by atoms with E-state index in [4.69, 9.17) is 27.9 Å². The fraction of sp³-hybridized carbons (Fsp3) is 0.727. The van der Waals surface area contributed by atoms with Crippen LogP contribution in [0.1, 0.15) is 39.0 Å². The second-order valence-corrected chi connectivity index (χ2v) is 5.05. The maximum atomic E-state index is 5.87. The highest BCUT2D eigenvalue weighted by Crippen LogP contribution is 2.30. The number of halogens is 2. The first-order valence-electron chi connectivity index (χ1n) is 5.91. The molecule has 1 fully saturated rings. The summed E-state index contributed by atoms with van der Waals surface area (Å²) in [4.78, 5) is 3.96. The highest BCUT2D eigenvalue weighted by Gasteiger charge is 2.23. The average molecular weight is 276 g/mol. The van der Waals surface area contributed by atoms with E-state index < -0.39 is 0 Å². The molecule has 94 valence electrons. The van der Waals surface area contributed by atoms with Crippen molar-refractivity contribution in [3.63, 3.8) is 0 Å². The van der Waals surface area contributed by atoms with Gasteiger partial charge in [0.2, 0.25) is 10.4 Å². The van der Waals surface area contributed by atoms with Gasteiger partial charge in [-0.25, -0.2) is 0 Å². The first-order valence-corrected chi connectivity index (χ1v) is 6.67. The van der Waals surface area contributed by atoms with E-state index in [1.165, 1.54) is 19.3 Å². The first-order chi connectivity index (χ1) is 8.19. The zero-order chi connectivity index (χ0) is 12.3. The maximum Gasteiger partial charge on any atom is 0.257 e. The molecule has 6 heteroatoms. The van der Waals surface area contributed by atoms with Crippen molar-refractivity contribution in [2.45, 2.75) is 45.1 Å². The molecule has 0 radical (unpaired) electrons. The molecule has 0 amide bonds. The van der Waals surface area contributed by atoms with E-state index in [1.807, 2.05) is 0 Å². The van der Waals surface area contributed by atoms with Gasteiger partial charge < -0.3 is 4.74 Å². The van der Waals surface area contributed by atoms with Crippen molar-refractivity contribution in [3.8, 4) is 5.88 Å². The van der Waals surface area contributed by atoms with Gasteiger partial charge in [-0.15, -0.1) is 10.2 Å². The third kappa shape index (κ3) is 3.42. The van der Waals surface area contributed by atoms with Crippen molar-refractivity contribution in [3.05, 3.63) is 10.4 Å². The van der Waals surface area contributed by atoms with E-state index in [9.17, 15) is 0 Å². The summed E-state index contributed by atoms with van der Waals surface area (Å²) in [7, 11) is 0. The van der Waals surface area contributed by atoms with Crippen LogP contribution in [0.3, 0.4) is 0 Å². The van der Waals surface area contributed by atoms with Crippen molar-refractivity contribution >= 4 is 23.2 Å². The number of aromatic nitrogens is 3. The molecule has 1 aliphatic rings. The Kier molecular flexibility index (Phi) is 4.40. The van der Waals surface area contributed by atoms with Crippen LogP contribution in [0.2, 0.25) is 10.4 Å². The normalized spacial score (nSPS) is 24.6. The Hall–Kier alpha value is -0.610. The fourth-order valence-corrected chi connectivity index (χ4v) is 2.47. The zero-order valence-electron chi connectivity index (χ0n) is 9.70. The van der Waals surface area contributed by atoms with Gasteiger partial charge in [0.1, 0.15) is 6.10 Å². The molecule has 4 nitrogen and oxygen atoms in total. The largest absolute Gasteiger partial charge is 0.472 e. The van der Waals surface area contributed by atoms with Gasteiger partial charge in [-0.05, 0) is 36.8 Å². The summed E-state index contributed by atoms with van der Waals surface area (Å²) >= 11 is 11.5. The molecule has 17 heavy (non-hydrogen) atoms. The lowest BCUT2D eigenvalue weighted by Gasteiger charge is -2.28. The molecular formula is C11H15Cl2N3O. The highest BCUT2D eigenvalue weighted by atomic mass is 35.5. The molecule has 0 spiro atoms. The predicted octanol–water partition coefficient (Wildman–Crippen LogP) is 3.53. The molecule has 2 unspecified atom stereocenters. The summed E-state index contributed by atoms with van der Waals surface area (Å²) in [5.74, 6) is 1.03. The summed E-state index contributed by atoms with van der Waals surface area (Å²) in [5, 5.41) is 7.47. The Morgan fingerprint density at radius 3 is 2.88 bits per heavy atom. The van der Waals surface area contributed by atoms with Crippen molar-refractivity contribution in [1.82, 2.24) is 15.2 Å². The van der Waals surface area contributed by atoms with Crippen LogP contribution >= 0.6 is 23.2 Å². The lowest BCUT2D eigenvalue weighted by molar-refractivity contribution is 0.116. The molecule has 2 rings (SSSR count). The molecule has 0 saturated heterocycles. The Balaban J connectivity index is 2.02. The van der Waals surface area contributed by atoms with E-state index >= 15 is 0 Å². The summed E-state index contributed by atoms with van der Waals surface area (Å²) in [5.41, 5.74) is 0. The zero-order valence-corrected chi connectivity index (χ0v) is 11.2. The molecule has 1 aromatic rings. The Morgan fingerprint density at radius 1 is 1.29 bits per heavy atom. The smallest absolute Gasteiger partial charge is 0.257 e. The van der Waals surface area contributed by atoms with Gasteiger partial charge >= 0.3 is 0 Å². The minimum absolute atomic E-state index is 0.0623.